The molecule has 2 heterocycles. The van der Waals surface area contributed by atoms with E-state index in [0.29, 0.717) is 6.04 Å². The second-order valence-electron chi connectivity index (χ2n) is 4.29. The molecule has 1 aliphatic heterocycles. The van der Waals surface area contributed by atoms with Crippen molar-refractivity contribution in [3.8, 4) is 0 Å². The number of hydrogen-bond donors (Lipinski definition) is 1. The zero-order valence-electron chi connectivity index (χ0n) is 10.0. The zero-order valence-corrected chi connectivity index (χ0v) is 10.8. The highest BCUT2D eigenvalue weighted by Gasteiger charge is 2.18. The Bertz CT molecular complexity index is 305. The molecule has 92 valence electrons. The molecule has 0 unspecified atom stereocenters. The van der Waals surface area contributed by atoms with Gasteiger partial charge < -0.3 is 9.88 Å². The van der Waals surface area contributed by atoms with E-state index in [1.807, 2.05) is 12.4 Å². The molecule has 5 heteroatoms. The van der Waals surface area contributed by atoms with E-state index in [2.05, 4.69) is 33.9 Å². The lowest BCUT2D eigenvalue weighted by Crippen LogP contribution is -2.41. The lowest BCUT2D eigenvalue weighted by Gasteiger charge is -2.31. The number of aromatic nitrogens is 2. The summed E-state index contributed by atoms with van der Waals surface area (Å²) in [4.78, 5) is 6.84. The summed E-state index contributed by atoms with van der Waals surface area (Å²) in [5, 5.41) is 3.35. The van der Waals surface area contributed by atoms with Crippen LogP contribution in [0.25, 0.3) is 0 Å². The fourth-order valence-electron chi connectivity index (χ4n) is 2.13. The third kappa shape index (κ3) is 3.20. The van der Waals surface area contributed by atoms with Gasteiger partial charge in [0.25, 0.3) is 0 Å². The predicted molar refractivity (Wildman–Crippen MR) is 67.8 cm³/mol. The molecule has 1 N–H and O–H groups in total. The van der Waals surface area contributed by atoms with Gasteiger partial charge in [0.1, 0.15) is 5.82 Å². The van der Waals surface area contributed by atoms with Gasteiger partial charge in [-0.15, -0.1) is 12.4 Å². The zero-order chi connectivity index (χ0) is 10.7. The number of halogens is 1. The van der Waals surface area contributed by atoms with Crippen LogP contribution in [0.2, 0.25) is 0 Å². The summed E-state index contributed by atoms with van der Waals surface area (Å²) >= 11 is 0. The van der Waals surface area contributed by atoms with Crippen LogP contribution in [0.15, 0.2) is 12.4 Å². The Labute approximate surface area is 103 Å². The second-order valence-corrected chi connectivity index (χ2v) is 4.29. The van der Waals surface area contributed by atoms with Crippen molar-refractivity contribution in [2.75, 3.05) is 20.1 Å². The summed E-state index contributed by atoms with van der Waals surface area (Å²) in [7, 11) is 4.11. The minimum atomic E-state index is 0. The van der Waals surface area contributed by atoms with E-state index in [0.717, 1.165) is 12.4 Å². The van der Waals surface area contributed by atoms with E-state index < -0.39 is 0 Å². The van der Waals surface area contributed by atoms with Crippen LogP contribution in [0.5, 0.6) is 0 Å². The Morgan fingerprint density at radius 2 is 2.12 bits per heavy atom. The fraction of sp³-hybridized carbons (Fsp3) is 0.727. The van der Waals surface area contributed by atoms with E-state index in [4.69, 9.17) is 0 Å². The molecular weight excluding hydrogens is 224 g/mol. The van der Waals surface area contributed by atoms with Crippen molar-refractivity contribution in [1.82, 2.24) is 19.8 Å². The van der Waals surface area contributed by atoms with Gasteiger partial charge in [-0.25, -0.2) is 4.98 Å². The maximum atomic E-state index is 4.35. The Morgan fingerprint density at radius 1 is 1.44 bits per heavy atom. The molecule has 0 atom stereocenters. The van der Waals surface area contributed by atoms with E-state index in [-0.39, 0.29) is 12.4 Å². The second kappa shape index (κ2) is 6.23. The molecule has 1 aromatic heterocycles. The Kier molecular flexibility index (Phi) is 5.25. The standard InChI is InChI=1S/C11H20N4.ClH/c1-12-10-3-6-15(7-4-10)9-11-13-5-8-14(11)2;/h5,8,10,12H,3-4,6-7,9H2,1-2H3;1H. The molecule has 4 nitrogen and oxygen atoms in total. The fourth-order valence-corrected chi connectivity index (χ4v) is 2.13. The van der Waals surface area contributed by atoms with Gasteiger partial charge in [-0.3, -0.25) is 4.90 Å². The molecule has 1 aliphatic rings. The summed E-state index contributed by atoms with van der Waals surface area (Å²) in [5.74, 6) is 1.16. The normalized spacial score (nSPS) is 18.4. The number of piperidine rings is 1. The van der Waals surface area contributed by atoms with Crippen LogP contribution in [0.4, 0.5) is 0 Å². The van der Waals surface area contributed by atoms with Gasteiger partial charge in [-0.05, 0) is 19.9 Å². The summed E-state index contributed by atoms with van der Waals surface area (Å²) in [6.07, 6.45) is 6.38. The van der Waals surface area contributed by atoms with Gasteiger partial charge in [0.05, 0.1) is 6.54 Å². The van der Waals surface area contributed by atoms with Gasteiger partial charge in [0.15, 0.2) is 0 Å². The largest absolute Gasteiger partial charge is 0.337 e. The number of hydrogen-bond acceptors (Lipinski definition) is 3. The molecule has 2 rings (SSSR count). The Balaban J connectivity index is 0.00000128. The molecule has 0 saturated carbocycles. The minimum absolute atomic E-state index is 0. The number of likely N-dealkylation sites (tertiary alicyclic amines) is 1. The highest BCUT2D eigenvalue weighted by Crippen LogP contribution is 2.12. The summed E-state index contributed by atoms with van der Waals surface area (Å²) in [6, 6.07) is 0.711. The van der Waals surface area contributed by atoms with Crippen LogP contribution in [-0.2, 0) is 13.6 Å². The maximum absolute atomic E-state index is 4.35. The molecule has 0 bridgehead atoms. The van der Waals surface area contributed by atoms with Gasteiger partial charge in [0, 0.05) is 38.6 Å². The molecule has 0 spiro atoms. The molecule has 0 amide bonds. The third-order valence-electron chi connectivity index (χ3n) is 3.28. The van der Waals surface area contributed by atoms with Gasteiger partial charge >= 0.3 is 0 Å². The number of nitrogens with zero attached hydrogens (tertiary/aromatic N) is 3. The van der Waals surface area contributed by atoms with Crippen molar-refractivity contribution >= 4 is 12.4 Å². The first-order valence-electron chi connectivity index (χ1n) is 5.65. The van der Waals surface area contributed by atoms with Crippen molar-refractivity contribution in [3.05, 3.63) is 18.2 Å². The predicted octanol–water partition coefficient (Wildman–Crippen LogP) is 1.03. The number of imidazole rings is 1. The van der Waals surface area contributed by atoms with Crippen LogP contribution < -0.4 is 5.32 Å². The van der Waals surface area contributed by atoms with Crippen LogP contribution in [0, 0.1) is 0 Å². The van der Waals surface area contributed by atoms with E-state index >= 15 is 0 Å². The van der Waals surface area contributed by atoms with Crippen LogP contribution in [0.3, 0.4) is 0 Å². The monoisotopic (exact) mass is 244 g/mol. The summed E-state index contributed by atoms with van der Waals surface area (Å²) in [6.45, 7) is 3.34. The topological polar surface area (TPSA) is 33.1 Å². The lowest BCUT2D eigenvalue weighted by atomic mass is 10.1. The molecule has 16 heavy (non-hydrogen) atoms. The Morgan fingerprint density at radius 3 is 2.62 bits per heavy atom. The number of rotatable bonds is 3. The highest BCUT2D eigenvalue weighted by molar-refractivity contribution is 5.85. The third-order valence-corrected chi connectivity index (χ3v) is 3.28. The maximum Gasteiger partial charge on any atom is 0.122 e. The van der Waals surface area contributed by atoms with Gasteiger partial charge in [0.2, 0.25) is 0 Å². The molecule has 1 saturated heterocycles. The smallest absolute Gasteiger partial charge is 0.122 e. The first-order chi connectivity index (χ1) is 7.29. The average Bonchev–Trinajstić information content (AvgIpc) is 2.66. The number of nitrogens with one attached hydrogen (secondary N) is 1. The average molecular weight is 245 g/mol. The van der Waals surface area contributed by atoms with Crippen LogP contribution >= 0.6 is 12.4 Å². The van der Waals surface area contributed by atoms with E-state index in [9.17, 15) is 0 Å². The van der Waals surface area contributed by atoms with Crippen molar-refractivity contribution in [2.24, 2.45) is 7.05 Å². The molecule has 1 fully saturated rings. The molecule has 0 radical (unpaired) electrons. The van der Waals surface area contributed by atoms with Crippen molar-refractivity contribution < 1.29 is 0 Å². The van der Waals surface area contributed by atoms with Crippen molar-refractivity contribution in [2.45, 2.75) is 25.4 Å². The first-order valence-corrected chi connectivity index (χ1v) is 5.65. The molecule has 0 aliphatic carbocycles. The van der Waals surface area contributed by atoms with Crippen LogP contribution in [-0.4, -0.2) is 40.6 Å². The summed E-state index contributed by atoms with van der Waals surface area (Å²) < 4.78 is 2.10. The lowest BCUT2D eigenvalue weighted by molar-refractivity contribution is 0.189. The quantitative estimate of drug-likeness (QED) is 0.862. The number of aryl methyl sites for hydroxylation is 1. The minimum Gasteiger partial charge on any atom is -0.337 e. The summed E-state index contributed by atoms with van der Waals surface area (Å²) in [5.41, 5.74) is 0. The highest BCUT2D eigenvalue weighted by atomic mass is 35.5. The van der Waals surface area contributed by atoms with Gasteiger partial charge in [-0.2, -0.15) is 0 Å². The Hall–Kier alpha value is -0.580. The SMILES string of the molecule is CNC1CCN(Cc2nccn2C)CC1.Cl. The molecule has 1 aromatic rings. The van der Waals surface area contributed by atoms with E-state index in [1.165, 1.54) is 25.9 Å². The van der Waals surface area contributed by atoms with Crippen molar-refractivity contribution in [1.29, 1.82) is 0 Å². The van der Waals surface area contributed by atoms with E-state index in [1.54, 1.807) is 0 Å². The molecule has 0 aromatic carbocycles. The first kappa shape index (κ1) is 13.5. The molecular formula is C11H21ClN4. The van der Waals surface area contributed by atoms with Crippen LogP contribution in [0.1, 0.15) is 18.7 Å². The van der Waals surface area contributed by atoms with Gasteiger partial charge in [-0.1, -0.05) is 0 Å². The van der Waals surface area contributed by atoms with Crippen molar-refractivity contribution in [3.63, 3.8) is 0 Å².